The Morgan fingerprint density at radius 2 is 1.37 bits per heavy atom. The van der Waals surface area contributed by atoms with Crippen molar-refractivity contribution in [2.75, 3.05) is 53.3 Å². The van der Waals surface area contributed by atoms with Crippen LogP contribution in [0.3, 0.4) is 0 Å². The van der Waals surface area contributed by atoms with Gasteiger partial charge in [-0.1, -0.05) is 118 Å². The zero-order valence-electron chi connectivity index (χ0n) is 56.8. The molecule has 12 atom stereocenters. The fourth-order valence-electron chi connectivity index (χ4n) is 12.7. The minimum atomic E-state index is -1.37. The Morgan fingerprint density at radius 1 is 0.739 bits per heavy atom. The van der Waals surface area contributed by atoms with E-state index < -0.39 is 83.9 Å². The Labute approximate surface area is 544 Å². The summed E-state index contributed by atoms with van der Waals surface area (Å²) in [6, 6.07) is 11.6. The number of Topliss-reactive ketones (excluding diaryl/α,β-unsaturated/α-hetero) is 1. The molecule has 4 rings (SSSR count). The zero-order chi connectivity index (χ0) is 68.7. The van der Waals surface area contributed by atoms with Crippen LogP contribution in [0.1, 0.15) is 157 Å². The van der Waals surface area contributed by atoms with Crippen molar-refractivity contribution < 1.29 is 62.5 Å². The molecule has 1 fully saturated rings. The van der Waals surface area contributed by atoms with Crippen LogP contribution in [0.2, 0.25) is 0 Å². The van der Waals surface area contributed by atoms with E-state index in [4.69, 9.17) is 20.9 Å². The van der Waals surface area contributed by atoms with Gasteiger partial charge in [0.25, 0.3) is 11.8 Å². The lowest BCUT2D eigenvalue weighted by molar-refractivity contribution is -0.153. The van der Waals surface area contributed by atoms with Crippen LogP contribution in [0.15, 0.2) is 66.7 Å². The van der Waals surface area contributed by atoms with E-state index in [2.05, 4.69) is 26.6 Å². The van der Waals surface area contributed by atoms with Gasteiger partial charge in [0.2, 0.25) is 35.4 Å². The number of ketones is 1. The van der Waals surface area contributed by atoms with Gasteiger partial charge in [0, 0.05) is 84.0 Å². The van der Waals surface area contributed by atoms with Crippen LogP contribution in [0.5, 0.6) is 0 Å². The highest BCUT2D eigenvalue weighted by atomic mass is 16.5. The van der Waals surface area contributed by atoms with Crippen LogP contribution < -0.4 is 38.1 Å². The zero-order valence-corrected chi connectivity index (χ0v) is 56.8. The maximum atomic E-state index is 14.9. The number of carbonyl (C=O) groups excluding carboxylic acids is 10. The average molecular weight is 1290 g/mol. The number of hydrogen-bond donors (Lipinski definition) is 8. The first-order valence-electron chi connectivity index (χ1n) is 32.7. The van der Waals surface area contributed by atoms with Gasteiger partial charge in [-0.2, -0.15) is 0 Å². The molecular formula is C68H107N11O13. The molecule has 0 bridgehead atoms. The summed E-state index contributed by atoms with van der Waals surface area (Å²) in [6.07, 6.45) is 3.25. The number of anilines is 1. The van der Waals surface area contributed by atoms with Gasteiger partial charge in [-0.05, 0) is 99.4 Å². The number of benzene rings is 2. The summed E-state index contributed by atoms with van der Waals surface area (Å²) in [5.74, 6) is -5.94. The number of nitrogens with two attached hydrogens (primary N) is 2. The van der Waals surface area contributed by atoms with E-state index in [9.17, 15) is 53.1 Å². The molecule has 10 amide bonds. The minimum absolute atomic E-state index is 0.127. The molecule has 24 nitrogen and oxygen atoms in total. The number of nitrogens with zero attached hydrogens (tertiary/aromatic N) is 4. The van der Waals surface area contributed by atoms with Crippen LogP contribution in [-0.2, 0) is 59.2 Å². The molecular weight excluding hydrogens is 1180 g/mol. The van der Waals surface area contributed by atoms with Crippen molar-refractivity contribution in [1.82, 2.24) is 40.9 Å². The van der Waals surface area contributed by atoms with Crippen molar-refractivity contribution in [3.8, 4) is 0 Å². The summed E-state index contributed by atoms with van der Waals surface area (Å²) in [6.45, 7) is 19.6. The molecule has 0 unspecified atom stereocenters. The predicted molar refractivity (Wildman–Crippen MR) is 351 cm³/mol. The molecule has 2 aliphatic rings. The molecule has 92 heavy (non-hydrogen) atoms. The molecule has 24 heteroatoms. The first-order chi connectivity index (χ1) is 43.4. The number of ether oxygens (including phenoxy) is 2. The van der Waals surface area contributed by atoms with Crippen LogP contribution in [0.4, 0.5) is 10.5 Å². The van der Waals surface area contributed by atoms with Gasteiger partial charge in [0.05, 0.1) is 48.7 Å². The number of hydrogen-bond acceptors (Lipinski definition) is 15. The third kappa shape index (κ3) is 21.7. The summed E-state index contributed by atoms with van der Waals surface area (Å²) in [5.41, 5.74) is 13.0. The van der Waals surface area contributed by atoms with Crippen LogP contribution in [0.25, 0.3) is 0 Å². The first-order valence-corrected chi connectivity index (χ1v) is 32.7. The molecule has 512 valence electrons. The second-order valence-electron chi connectivity index (χ2n) is 26.1. The van der Waals surface area contributed by atoms with Crippen LogP contribution >= 0.6 is 0 Å². The number of primary amides is 1. The Kier molecular flexibility index (Phi) is 31.1. The summed E-state index contributed by atoms with van der Waals surface area (Å²) in [4.78, 5) is 140. The second-order valence-corrected chi connectivity index (χ2v) is 26.1. The summed E-state index contributed by atoms with van der Waals surface area (Å²) in [5, 5.41) is 25.3. The molecule has 0 saturated carbocycles. The van der Waals surface area contributed by atoms with E-state index in [0.717, 1.165) is 10.5 Å². The van der Waals surface area contributed by atoms with Crippen molar-refractivity contribution >= 4 is 64.8 Å². The van der Waals surface area contributed by atoms with E-state index in [1.807, 2.05) is 83.8 Å². The second kappa shape index (κ2) is 36.9. The highest BCUT2D eigenvalue weighted by Crippen LogP contribution is 2.35. The molecule has 0 aliphatic carbocycles. The number of rotatable bonds is 39. The molecule has 1 saturated heterocycles. The SMILES string of the molecule is CC[C@H](C)[C@@H]([C@@H](CC(=O)N1CCC[C@@]1(N)[C@H](OC)[C@@H](C)C(=O)N[C@H](C)[C@@H](O)c1ccccc1)OC)N(C)C(=O)[C@@H](NC(=O)[C@H](C(C)C)N(C)Cc1ccc(NC(=O)[C@H](CCCNC(N)=O)CC(=O)[C@@H](NC(=O)CCCCCN2C(=O)C=CC2=O)C(C)C)cc1)C(C)C. The highest BCUT2D eigenvalue weighted by Gasteiger charge is 2.51. The smallest absolute Gasteiger partial charge is 0.312 e. The van der Waals surface area contributed by atoms with E-state index >= 15 is 0 Å². The Balaban J connectivity index is 1.42. The molecule has 0 spiro atoms. The van der Waals surface area contributed by atoms with Gasteiger partial charge in [0.1, 0.15) is 17.8 Å². The number of amides is 10. The quantitative estimate of drug-likeness (QED) is 0.0310. The standard InChI is InChI=1S/C68H107N11O13/c1-15-44(8)60(52(91-13)39-56(84)79-37-23-34-68(79,70)62(92-14)45(9)63(86)72-46(10)61(85)48-24-18-16-19-25-48)77(12)66(89)58(42(4)5)75-65(88)59(43(6)7)76(11)40-47-28-30-50(31-29-47)73-64(87)49(26-22-35-71-67(69)90)38-51(80)57(41(2)3)74-53(81)27-20-17-21-36-78-54(82)32-33-55(78)83/h16,18-19,24-25,28-33,41-46,49,52,57-62,85H,15,17,20-23,26-27,34-40,70H2,1-14H3,(H,72,86)(H,73,87)(H,74,81)(H,75,88)(H3,69,71,90)/t44-,45+,46+,49+,52+,57-,58-,59-,60-,61+,62+,68-/m0/s1. The maximum Gasteiger partial charge on any atom is 0.312 e. The van der Waals surface area contributed by atoms with Gasteiger partial charge >= 0.3 is 6.03 Å². The lowest BCUT2D eigenvalue weighted by atomic mass is 9.87. The number of likely N-dealkylation sites (N-methyl/N-ethyl adjacent to an activating group) is 2. The van der Waals surface area contributed by atoms with E-state index in [-0.39, 0.29) is 104 Å². The van der Waals surface area contributed by atoms with Crippen LogP contribution in [-0.4, -0.2) is 180 Å². The monoisotopic (exact) mass is 1290 g/mol. The average Bonchev–Trinajstić information content (AvgIpc) is 1.55. The van der Waals surface area contributed by atoms with Gasteiger partial charge in [-0.25, -0.2) is 4.79 Å². The molecule has 2 aliphatic heterocycles. The number of aliphatic hydroxyl groups excluding tert-OH is 1. The van der Waals surface area contributed by atoms with Gasteiger partial charge in [-0.15, -0.1) is 0 Å². The lowest BCUT2D eigenvalue weighted by Crippen LogP contribution is -2.66. The van der Waals surface area contributed by atoms with Crippen molar-refractivity contribution in [2.24, 2.45) is 47.0 Å². The van der Waals surface area contributed by atoms with E-state index in [0.29, 0.717) is 69.3 Å². The Bertz CT molecular complexity index is 2800. The number of methoxy groups -OCH3 is 2. The summed E-state index contributed by atoms with van der Waals surface area (Å²) in [7, 11) is 6.45. The third-order valence-electron chi connectivity index (χ3n) is 18.1. The molecule has 10 N–H and O–H groups in total. The summed E-state index contributed by atoms with van der Waals surface area (Å²) < 4.78 is 12.1. The number of aliphatic hydroxyl groups is 1. The van der Waals surface area contributed by atoms with Crippen molar-refractivity contribution in [3.05, 3.63) is 77.9 Å². The van der Waals surface area contributed by atoms with Crippen molar-refractivity contribution in [3.63, 3.8) is 0 Å². The van der Waals surface area contributed by atoms with Crippen LogP contribution in [0, 0.1) is 35.5 Å². The maximum absolute atomic E-state index is 14.9. The van der Waals surface area contributed by atoms with Gasteiger partial charge in [-0.3, -0.25) is 53.0 Å². The Morgan fingerprint density at radius 3 is 1.93 bits per heavy atom. The fraction of sp³-hybridized carbons (Fsp3) is 0.647. The third-order valence-corrected chi connectivity index (χ3v) is 18.1. The highest BCUT2D eigenvalue weighted by molar-refractivity contribution is 6.12. The number of imide groups is 1. The number of likely N-dealkylation sites (tertiary alicyclic amines) is 1. The predicted octanol–water partition coefficient (Wildman–Crippen LogP) is 5.32. The molecule has 2 aromatic rings. The minimum Gasteiger partial charge on any atom is -0.386 e. The normalized spacial score (nSPS) is 18.6. The molecule has 2 heterocycles. The Hall–Kier alpha value is -7.12. The molecule has 0 aromatic heterocycles. The first kappa shape index (κ1) is 77.3. The van der Waals surface area contributed by atoms with E-state index in [1.165, 1.54) is 26.4 Å². The lowest BCUT2D eigenvalue weighted by Gasteiger charge is -2.44. The number of carbonyl (C=O) groups is 10. The number of nitrogens with one attached hydrogen (secondary N) is 5. The van der Waals surface area contributed by atoms with Gasteiger partial charge in [0.15, 0.2) is 5.78 Å². The number of unbranched alkanes of at least 4 members (excludes halogenated alkanes) is 2. The molecule has 0 radical (unpaired) electrons. The van der Waals surface area contributed by atoms with E-state index in [1.54, 1.807) is 68.8 Å². The molecule has 2 aromatic carbocycles. The fourth-order valence-corrected chi connectivity index (χ4v) is 12.7. The number of urea groups is 1. The largest absolute Gasteiger partial charge is 0.386 e. The topological polar surface area (TPSA) is 335 Å². The van der Waals surface area contributed by atoms with Crippen molar-refractivity contribution in [1.29, 1.82) is 0 Å². The summed E-state index contributed by atoms with van der Waals surface area (Å²) >= 11 is 0. The van der Waals surface area contributed by atoms with Gasteiger partial charge < -0.3 is 62.4 Å². The van der Waals surface area contributed by atoms with Crippen molar-refractivity contribution in [2.45, 2.75) is 201 Å².